The lowest BCUT2D eigenvalue weighted by Crippen LogP contribution is -2.37. The molecule has 4 heteroatoms. The van der Waals surface area contributed by atoms with Crippen molar-refractivity contribution in [3.05, 3.63) is 35.4 Å². The molecule has 0 bridgehead atoms. The summed E-state index contributed by atoms with van der Waals surface area (Å²) in [4.78, 5) is 0. The van der Waals surface area contributed by atoms with Crippen molar-refractivity contribution < 1.29 is 8.42 Å². The summed E-state index contributed by atoms with van der Waals surface area (Å²) in [6.07, 6.45) is 0. The van der Waals surface area contributed by atoms with Crippen LogP contribution >= 0.6 is 0 Å². The van der Waals surface area contributed by atoms with E-state index in [1.807, 2.05) is 31.2 Å². The number of benzene rings is 1. The van der Waals surface area contributed by atoms with Gasteiger partial charge in [0.25, 0.3) is 0 Å². The molecule has 1 aromatic carbocycles. The van der Waals surface area contributed by atoms with Gasteiger partial charge in [0.15, 0.2) is 0 Å². The van der Waals surface area contributed by atoms with Crippen molar-refractivity contribution in [1.29, 1.82) is 0 Å². The molecule has 0 heterocycles. The van der Waals surface area contributed by atoms with Crippen LogP contribution in [0.4, 0.5) is 0 Å². The number of nitrogens with zero attached hydrogens (tertiary/aromatic N) is 1. The average molecular weight is 297 g/mol. The first-order valence-corrected chi connectivity index (χ1v) is 8.85. The molecule has 0 amide bonds. The minimum absolute atomic E-state index is 0.0963. The Balaban J connectivity index is 2.95. The molecule has 0 saturated heterocycles. The molecule has 114 valence electrons. The van der Waals surface area contributed by atoms with Crippen molar-refractivity contribution >= 4 is 10.0 Å². The largest absolute Gasteiger partial charge is 0.218 e. The summed E-state index contributed by atoms with van der Waals surface area (Å²) in [5, 5.41) is 0. The quantitative estimate of drug-likeness (QED) is 0.773. The van der Waals surface area contributed by atoms with Crippen LogP contribution in [0.25, 0.3) is 0 Å². The molecular formula is C16H27NO2S. The molecule has 0 radical (unpaired) electrons. The fourth-order valence-corrected chi connectivity index (χ4v) is 4.13. The van der Waals surface area contributed by atoms with Gasteiger partial charge in [-0.1, -0.05) is 52.0 Å². The van der Waals surface area contributed by atoms with Crippen LogP contribution < -0.4 is 0 Å². The maximum absolute atomic E-state index is 12.6. The van der Waals surface area contributed by atoms with Gasteiger partial charge in [0.2, 0.25) is 10.0 Å². The molecule has 0 aliphatic heterocycles. The second kappa shape index (κ2) is 7.23. The fraction of sp³-hybridized carbons (Fsp3) is 0.625. The van der Waals surface area contributed by atoms with Gasteiger partial charge in [-0.15, -0.1) is 0 Å². The second-order valence-corrected chi connectivity index (χ2v) is 8.26. The predicted molar refractivity (Wildman–Crippen MR) is 85.1 cm³/mol. The highest BCUT2D eigenvalue weighted by atomic mass is 32.2. The van der Waals surface area contributed by atoms with E-state index in [9.17, 15) is 8.42 Å². The van der Waals surface area contributed by atoms with Crippen molar-refractivity contribution in [3.63, 3.8) is 0 Å². The highest BCUT2D eigenvalue weighted by Gasteiger charge is 2.24. The van der Waals surface area contributed by atoms with Crippen LogP contribution in [0.5, 0.6) is 0 Å². The second-order valence-electron chi connectivity index (χ2n) is 6.29. The monoisotopic (exact) mass is 297 g/mol. The van der Waals surface area contributed by atoms with E-state index in [1.54, 1.807) is 4.31 Å². The van der Waals surface area contributed by atoms with E-state index in [2.05, 4.69) is 27.7 Å². The molecule has 20 heavy (non-hydrogen) atoms. The number of rotatable bonds is 7. The van der Waals surface area contributed by atoms with E-state index in [-0.39, 0.29) is 5.75 Å². The van der Waals surface area contributed by atoms with Crippen molar-refractivity contribution in [2.75, 3.05) is 13.1 Å². The van der Waals surface area contributed by atoms with Crippen LogP contribution in [-0.4, -0.2) is 25.8 Å². The Hall–Kier alpha value is -0.870. The van der Waals surface area contributed by atoms with Crippen molar-refractivity contribution in [2.24, 2.45) is 11.8 Å². The third-order valence-electron chi connectivity index (χ3n) is 3.13. The molecule has 0 fully saturated rings. The van der Waals surface area contributed by atoms with E-state index in [0.717, 1.165) is 11.1 Å². The number of sulfonamides is 1. The zero-order valence-electron chi connectivity index (χ0n) is 13.3. The highest BCUT2D eigenvalue weighted by molar-refractivity contribution is 7.88. The molecule has 0 aliphatic rings. The molecule has 0 aromatic heterocycles. The summed E-state index contributed by atoms with van der Waals surface area (Å²) >= 11 is 0. The van der Waals surface area contributed by atoms with E-state index >= 15 is 0 Å². The van der Waals surface area contributed by atoms with Crippen LogP contribution in [0.1, 0.15) is 38.8 Å². The van der Waals surface area contributed by atoms with Gasteiger partial charge < -0.3 is 0 Å². The van der Waals surface area contributed by atoms with E-state index in [0.29, 0.717) is 24.9 Å². The Morgan fingerprint density at radius 3 is 1.95 bits per heavy atom. The predicted octanol–water partition coefficient (Wildman–Crippen LogP) is 3.44. The summed E-state index contributed by atoms with van der Waals surface area (Å²) in [5.74, 6) is 0.764. The minimum atomic E-state index is -3.25. The molecule has 0 unspecified atom stereocenters. The Kier molecular flexibility index (Phi) is 6.21. The number of hydrogen-bond donors (Lipinski definition) is 0. The first-order chi connectivity index (χ1) is 9.22. The first-order valence-electron chi connectivity index (χ1n) is 7.24. The van der Waals surface area contributed by atoms with Crippen molar-refractivity contribution in [3.8, 4) is 0 Å². The zero-order chi connectivity index (χ0) is 15.3. The highest BCUT2D eigenvalue weighted by Crippen LogP contribution is 2.17. The van der Waals surface area contributed by atoms with Crippen LogP contribution in [0.2, 0.25) is 0 Å². The van der Waals surface area contributed by atoms with Gasteiger partial charge in [0.1, 0.15) is 0 Å². The zero-order valence-corrected chi connectivity index (χ0v) is 14.1. The lowest BCUT2D eigenvalue weighted by atomic mass is 10.1. The van der Waals surface area contributed by atoms with Crippen molar-refractivity contribution in [2.45, 2.75) is 40.4 Å². The number of aryl methyl sites for hydroxylation is 1. The topological polar surface area (TPSA) is 37.4 Å². The minimum Gasteiger partial charge on any atom is -0.212 e. The summed E-state index contributed by atoms with van der Waals surface area (Å²) in [6.45, 7) is 11.3. The maximum atomic E-state index is 12.6. The van der Waals surface area contributed by atoms with Gasteiger partial charge in [-0.3, -0.25) is 0 Å². The van der Waals surface area contributed by atoms with Gasteiger partial charge in [0.05, 0.1) is 5.75 Å². The van der Waals surface area contributed by atoms with Crippen molar-refractivity contribution in [1.82, 2.24) is 4.31 Å². The molecule has 0 saturated carbocycles. The Morgan fingerprint density at radius 1 is 1.00 bits per heavy atom. The molecule has 0 aliphatic carbocycles. The van der Waals surface area contributed by atoms with E-state index in [1.165, 1.54) is 0 Å². The molecule has 3 nitrogen and oxygen atoms in total. The summed E-state index contributed by atoms with van der Waals surface area (Å²) in [5.41, 5.74) is 1.93. The lowest BCUT2D eigenvalue weighted by molar-refractivity contribution is 0.333. The number of hydrogen-bond acceptors (Lipinski definition) is 2. The molecule has 0 N–H and O–H groups in total. The summed E-state index contributed by atoms with van der Waals surface area (Å²) in [7, 11) is -3.25. The normalized spacial score (nSPS) is 12.6. The SMILES string of the molecule is Cc1ccccc1CS(=O)(=O)N(CC(C)C)CC(C)C. The smallest absolute Gasteiger partial charge is 0.212 e. The molecule has 0 spiro atoms. The van der Waals surface area contributed by atoms with Crippen LogP contribution in [0, 0.1) is 18.8 Å². The van der Waals surface area contributed by atoms with Gasteiger partial charge in [0, 0.05) is 13.1 Å². The maximum Gasteiger partial charge on any atom is 0.218 e. The Bertz CT molecular complexity index is 511. The lowest BCUT2D eigenvalue weighted by Gasteiger charge is -2.26. The molecular weight excluding hydrogens is 270 g/mol. The third-order valence-corrected chi connectivity index (χ3v) is 4.89. The van der Waals surface area contributed by atoms with E-state index in [4.69, 9.17) is 0 Å². The van der Waals surface area contributed by atoms with Gasteiger partial charge in [-0.2, -0.15) is 0 Å². The molecule has 1 aromatic rings. The molecule has 1 rings (SSSR count). The summed E-state index contributed by atoms with van der Waals surface area (Å²) < 4.78 is 26.9. The molecule has 0 atom stereocenters. The van der Waals surface area contributed by atoms with Crippen LogP contribution in [-0.2, 0) is 15.8 Å². The fourth-order valence-electron chi connectivity index (χ4n) is 2.18. The van der Waals surface area contributed by atoms with E-state index < -0.39 is 10.0 Å². The third kappa shape index (κ3) is 5.25. The first kappa shape index (κ1) is 17.2. The van der Waals surface area contributed by atoms with Crippen LogP contribution in [0.3, 0.4) is 0 Å². The standard InChI is InChI=1S/C16H27NO2S/c1-13(2)10-17(11-14(3)4)20(18,19)12-16-9-7-6-8-15(16)5/h6-9,13-14H,10-12H2,1-5H3. The average Bonchev–Trinajstić information content (AvgIpc) is 2.30. The Morgan fingerprint density at radius 2 is 1.50 bits per heavy atom. The van der Waals surface area contributed by atoms with Gasteiger partial charge in [-0.05, 0) is 29.9 Å². The van der Waals surface area contributed by atoms with Gasteiger partial charge >= 0.3 is 0 Å². The van der Waals surface area contributed by atoms with Gasteiger partial charge in [-0.25, -0.2) is 12.7 Å². The Labute approximate surface area is 124 Å². The van der Waals surface area contributed by atoms with Crippen LogP contribution in [0.15, 0.2) is 24.3 Å². The summed E-state index contributed by atoms with van der Waals surface area (Å²) in [6, 6.07) is 7.69.